The minimum Gasteiger partial charge on any atom is -0.426 e. The van der Waals surface area contributed by atoms with Gasteiger partial charge in [0, 0.05) is 0 Å². The summed E-state index contributed by atoms with van der Waals surface area (Å²) in [6.45, 7) is 14.3. The van der Waals surface area contributed by atoms with E-state index >= 15 is 0 Å². The summed E-state index contributed by atoms with van der Waals surface area (Å²) < 4.78 is 10.4. The van der Waals surface area contributed by atoms with Gasteiger partial charge in [0.15, 0.2) is 0 Å². The summed E-state index contributed by atoms with van der Waals surface area (Å²) in [5.41, 5.74) is -1.76. The molecule has 0 spiro atoms. The number of ether oxygens (including phenoxy) is 2. The van der Waals surface area contributed by atoms with Gasteiger partial charge in [-0.15, -0.1) is 0 Å². The van der Waals surface area contributed by atoms with E-state index in [2.05, 4.69) is 0 Å². The van der Waals surface area contributed by atoms with E-state index in [4.69, 9.17) is 29.0 Å². The molecule has 7 nitrogen and oxygen atoms in total. The molecular formula is C15H30O7. The van der Waals surface area contributed by atoms with E-state index in [1.165, 1.54) is 0 Å². The molecule has 0 aromatic carbocycles. The molecule has 0 atom stereocenters. The minimum absolute atomic E-state index is 0.0696. The van der Waals surface area contributed by atoms with Crippen molar-refractivity contribution in [3.8, 4) is 0 Å². The van der Waals surface area contributed by atoms with Crippen molar-refractivity contribution in [1.82, 2.24) is 0 Å². The first-order valence-electron chi connectivity index (χ1n) is 7.42. The van der Waals surface area contributed by atoms with Gasteiger partial charge in [-0.05, 0) is 55.4 Å². The Balaban J connectivity index is 4.17. The summed E-state index contributed by atoms with van der Waals surface area (Å²) in [5.74, 6) is 0. The average molecular weight is 322 g/mol. The molecule has 0 aliphatic rings. The van der Waals surface area contributed by atoms with E-state index in [-0.39, 0.29) is 25.4 Å². The van der Waals surface area contributed by atoms with Crippen LogP contribution >= 0.6 is 0 Å². The van der Waals surface area contributed by atoms with E-state index in [9.17, 15) is 4.79 Å². The molecule has 0 radical (unpaired) electrons. The summed E-state index contributed by atoms with van der Waals surface area (Å²) in [5, 5.41) is 0. The molecule has 0 aromatic heterocycles. The molecule has 0 unspecified atom stereocenters. The summed E-state index contributed by atoms with van der Waals surface area (Å²) in [7, 11) is 0. The standard InChI is InChI=1S/C15H30O7/c1-11(2)21-17-9-14(5,6)19-13(16)20-15(7,8)10-18-22-12(3)4/h11-12H,9-10H2,1-8H3. The molecule has 7 heteroatoms. The van der Waals surface area contributed by atoms with Crippen LogP contribution in [-0.2, 0) is 29.0 Å². The summed E-state index contributed by atoms with van der Waals surface area (Å²) in [6.07, 6.45) is -0.948. The van der Waals surface area contributed by atoms with Gasteiger partial charge in [0.1, 0.15) is 24.4 Å². The first kappa shape index (κ1) is 21.1. The normalized spacial score (nSPS) is 12.8. The number of carbonyl (C=O) groups excluding carboxylic acids is 1. The van der Waals surface area contributed by atoms with Gasteiger partial charge in [0.05, 0.1) is 12.2 Å². The van der Waals surface area contributed by atoms with Gasteiger partial charge < -0.3 is 9.47 Å². The van der Waals surface area contributed by atoms with Gasteiger partial charge in [-0.2, -0.15) is 0 Å². The van der Waals surface area contributed by atoms with Crippen LogP contribution in [0.4, 0.5) is 4.79 Å². The Kier molecular flexibility index (Phi) is 8.92. The molecule has 0 fully saturated rings. The fourth-order valence-electron chi connectivity index (χ4n) is 1.15. The van der Waals surface area contributed by atoms with Crippen molar-refractivity contribution in [1.29, 1.82) is 0 Å². The second-order valence-corrected chi connectivity index (χ2v) is 6.79. The van der Waals surface area contributed by atoms with E-state index < -0.39 is 17.4 Å². The van der Waals surface area contributed by atoms with Gasteiger partial charge in [0.25, 0.3) is 0 Å². The maximum atomic E-state index is 11.8. The maximum absolute atomic E-state index is 11.8. The molecule has 0 aliphatic heterocycles. The minimum atomic E-state index is -0.878. The molecule has 0 heterocycles. The monoisotopic (exact) mass is 322 g/mol. The zero-order chi connectivity index (χ0) is 17.4. The Morgan fingerprint density at radius 3 is 1.36 bits per heavy atom. The van der Waals surface area contributed by atoms with Gasteiger partial charge in [-0.3, -0.25) is 0 Å². The van der Waals surface area contributed by atoms with E-state index in [1.54, 1.807) is 27.7 Å². The van der Waals surface area contributed by atoms with Crippen LogP contribution in [0.25, 0.3) is 0 Å². The van der Waals surface area contributed by atoms with Gasteiger partial charge >= 0.3 is 6.16 Å². The molecule has 0 aliphatic carbocycles. The van der Waals surface area contributed by atoms with Crippen LogP contribution in [0.3, 0.4) is 0 Å². The van der Waals surface area contributed by atoms with E-state index in [1.807, 2.05) is 27.7 Å². The van der Waals surface area contributed by atoms with Crippen LogP contribution in [-0.4, -0.2) is 42.8 Å². The molecular weight excluding hydrogens is 292 g/mol. The quantitative estimate of drug-likeness (QED) is 0.347. The van der Waals surface area contributed by atoms with Crippen LogP contribution in [0.15, 0.2) is 0 Å². The Labute approximate surface area is 133 Å². The second-order valence-electron chi connectivity index (χ2n) is 6.79. The highest BCUT2D eigenvalue weighted by Gasteiger charge is 2.30. The van der Waals surface area contributed by atoms with Crippen LogP contribution in [0.5, 0.6) is 0 Å². The average Bonchev–Trinajstić information content (AvgIpc) is 2.24. The number of hydrogen-bond acceptors (Lipinski definition) is 7. The lowest BCUT2D eigenvalue weighted by molar-refractivity contribution is -0.338. The van der Waals surface area contributed by atoms with Crippen molar-refractivity contribution in [3.05, 3.63) is 0 Å². The predicted molar refractivity (Wildman–Crippen MR) is 80.1 cm³/mol. The molecule has 0 bridgehead atoms. The fraction of sp³-hybridized carbons (Fsp3) is 0.933. The summed E-state index contributed by atoms with van der Waals surface area (Å²) >= 11 is 0. The van der Waals surface area contributed by atoms with Crippen LogP contribution in [0.2, 0.25) is 0 Å². The zero-order valence-corrected chi connectivity index (χ0v) is 14.9. The van der Waals surface area contributed by atoms with Crippen LogP contribution in [0.1, 0.15) is 55.4 Å². The largest absolute Gasteiger partial charge is 0.509 e. The predicted octanol–water partition coefficient (Wildman–Crippen LogP) is 3.41. The van der Waals surface area contributed by atoms with Crippen molar-refractivity contribution < 1.29 is 33.8 Å². The molecule has 0 rings (SSSR count). The van der Waals surface area contributed by atoms with Crippen molar-refractivity contribution in [2.45, 2.75) is 78.8 Å². The Morgan fingerprint density at radius 2 is 1.09 bits per heavy atom. The third-order valence-electron chi connectivity index (χ3n) is 2.05. The van der Waals surface area contributed by atoms with Gasteiger partial charge in [0.2, 0.25) is 0 Å². The SMILES string of the molecule is CC(C)OOCC(C)(C)OC(=O)OC(C)(C)COOC(C)C. The summed E-state index contributed by atoms with van der Waals surface area (Å²) in [4.78, 5) is 31.8. The number of hydrogen-bond donors (Lipinski definition) is 0. The number of rotatable bonds is 10. The Hall–Kier alpha value is -0.890. The molecule has 22 heavy (non-hydrogen) atoms. The molecule has 0 amide bonds. The van der Waals surface area contributed by atoms with E-state index in [0.29, 0.717) is 0 Å². The summed E-state index contributed by atoms with van der Waals surface area (Å²) in [6, 6.07) is 0. The van der Waals surface area contributed by atoms with Crippen LogP contribution in [0, 0.1) is 0 Å². The highest BCUT2D eigenvalue weighted by molar-refractivity contribution is 5.61. The maximum Gasteiger partial charge on any atom is 0.509 e. The third kappa shape index (κ3) is 11.7. The highest BCUT2D eigenvalue weighted by Crippen LogP contribution is 2.17. The molecule has 132 valence electrons. The van der Waals surface area contributed by atoms with Gasteiger partial charge in [-0.25, -0.2) is 24.3 Å². The van der Waals surface area contributed by atoms with Crippen molar-refractivity contribution in [2.75, 3.05) is 13.2 Å². The molecule has 0 saturated carbocycles. The van der Waals surface area contributed by atoms with E-state index in [0.717, 1.165) is 0 Å². The lowest BCUT2D eigenvalue weighted by Gasteiger charge is -2.28. The topological polar surface area (TPSA) is 72.5 Å². The first-order valence-corrected chi connectivity index (χ1v) is 7.42. The van der Waals surface area contributed by atoms with Crippen LogP contribution < -0.4 is 0 Å². The zero-order valence-electron chi connectivity index (χ0n) is 14.9. The lowest BCUT2D eigenvalue weighted by Crippen LogP contribution is -2.39. The second kappa shape index (κ2) is 9.29. The molecule has 0 N–H and O–H groups in total. The Bertz CT molecular complexity index is 294. The van der Waals surface area contributed by atoms with Crippen molar-refractivity contribution in [3.63, 3.8) is 0 Å². The highest BCUT2D eigenvalue weighted by atomic mass is 17.2. The Morgan fingerprint density at radius 1 is 0.773 bits per heavy atom. The fourth-order valence-corrected chi connectivity index (χ4v) is 1.15. The van der Waals surface area contributed by atoms with Crippen molar-refractivity contribution >= 4 is 6.16 Å². The van der Waals surface area contributed by atoms with Crippen molar-refractivity contribution in [2.24, 2.45) is 0 Å². The first-order chi connectivity index (χ1) is 9.93. The number of carbonyl (C=O) groups is 1. The van der Waals surface area contributed by atoms with Gasteiger partial charge in [-0.1, -0.05) is 0 Å². The smallest absolute Gasteiger partial charge is 0.426 e. The third-order valence-corrected chi connectivity index (χ3v) is 2.05. The molecule has 0 aromatic rings. The lowest BCUT2D eigenvalue weighted by atomic mass is 10.1. The molecule has 0 saturated heterocycles.